The molecule has 1 aromatic carbocycles. The molecule has 0 spiro atoms. The van der Waals surface area contributed by atoms with Crippen molar-refractivity contribution in [2.75, 3.05) is 6.61 Å². The van der Waals surface area contributed by atoms with Crippen molar-refractivity contribution >= 4 is 17.0 Å². The third-order valence-corrected chi connectivity index (χ3v) is 4.11. The average molecular weight is 288 g/mol. The smallest absolute Gasteiger partial charge is 0.335 e. The van der Waals surface area contributed by atoms with Gasteiger partial charge in [0, 0.05) is 6.54 Å². The molecule has 0 saturated heterocycles. The first-order valence-electron chi connectivity index (χ1n) is 7.54. The normalized spacial score (nSPS) is 16.4. The minimum absolute atomic E-state index is 0.270. The van der Waals surface area contributed by atoms with Crippen molar-refractivity contribution in [3.63, 3.8) is 0 Å². The lowest BCUT2D eigenvalue weighted by molar-refractivity contribution is 0.0244. The van der Waals surface area contributed by atoms with Gasteiger partial charge in [0.15, 0.2) is 0 Å². The van der Waals surface area contributed by atoms with Gasteiger partial charge in [-0.15, -0.1) is 0 Å². The highest BCUT2D eigenvalue weighted by atomic mass is 16.5. The van der Waals surface area contributed by atoms with Gasteiger partial charge in [-0.3, -0.25) is 0 Å². The predicted molar refractivity (Wildman–Crippen MR) is 79.5 cm³/mol. The third kappa shape index (κ3) is 3.24. The number of carboxylic acid groups (broad SMARTS) is 1. The van der Waals surface area contributed by atoms with Gasteiger partial charge in [-0.2, -0.15) is 0 Å². The molecule has 2 aromatic rings. The quantitative estimate of drug-likeness (QED) is 0.918. The molecule has 21 heavy (non-hydrogen) atoms. The summed E-state index contributed by atoms with van der Waals surface area (Å²) in [5, 5.41) is 8.98. The van der Waals surface area contributed by atoms with Crippen molar-refractivity contribution in [2.24, 2.45) is 0 Å². The minimum Gasteiger partial charge on any atom is -0.478 e. The van der Waals surface area contributed by atoms with E-state index in [0.717, 1.165) is 12.1 Å². The standard InChI is InChI=1S/C16H20N2O3/c19-16(20)12-6-7-15-14(10-12)17-11-18(15)8-9-21-13-4-2-1-3-5-13/h6-7,10-11,13H,1-5,8-9H2,(H,19,20). The number of benzene rings is 1. The van der Waals surface area contributed by atoms with Gasteiger partial charge in [0.1, 0.15) is 0 Å². The molecule has 5 nitrogen and oxygen atoms in total. The van der Waals surface area contributed by atoms with E-state index in [1.807, 2.05) is 10.6 Å². The number of carboxylic acids is 1. The van der Waals surface area contributed by atoms with Crippen LogP contribution in [0.2, 0.25) is 0 Å². The molecule has 0 radical (unpaired) electrons. The van der Waals surface area contributed by atoms with Gasteiger partial charge in [0.05, 0.1) is 35.6 Å². The van der Waals surface area contributed by atoms with Crippen LogP contribution in [0, 0.1) is 0 Å². The van der Waals surface area contributed by atoms with Crippen LogP contribution in [-0.2, 0) is 11.3 Å². The van der Waals surface area contributed by atoms with Gasteiger partial charge < -0.3 is 14.4 Å². The van der Waals surface area contributed by atoms with E-state index in [1.54, 1.807) is 18.5 Å². The minimum atomic E-state index is -0.924. The fraction of sp³-hybridized carbons (Fsp3) is 0.500. The van der Waals surface area contributed by atoms with Crippen LogP contribution in [-0.4, -0.2) is 33.3 Å². The molecule has 112 valence electrons. The molecule has 0 atom stereocenters. The fourth-order valence-electron chi connectivity index (χ4n) is 2.92. The summed E-state index contributed by atoms with van der Waals surface area (Å²) in [6.45, 7) is 1.43. The van der Waals surface area contributed by atoms with E-state index in [1.165, 1.54) is 32.1 Å². The lowest BCUT2D eigenvalue weighted by atomic mass is 9.98. The molecule has 1 heterocycles. The third-order valence-electron chi connectivity index (χ3n) is 4.11. The van der Waals surface area contributed by atoms with E-state index >= 15 is 0 Å². The summed E-state index contributed by atoms with van der Waals surface area (Å²) in [5.74, 6) is -0.924. The average Bonchev–Trinajstić information content (AvgIpc) is 2.91. The molecule has 0 bridgehead atoms. The first-order chi connectivity index (χ1) is 10.2. The molecular formula is C16H20N2O3. The molecule has 0 aliphatic heterocycles. The molecule has 1 N–H and O–H groups in total. The number of aromatic carboxylic acids is 1. The highest BCUT2D eigenvalue weighted by Crippen LogP contribution is 2.20. The van der Waals surface area contributed by atoms with Crippen LogP contribution in [0.5, 0.6) is 0 Å². The molecule has 5 heteroatoms. The van der Waals surface area contributed by atoms with Gasteiger partial charge in [-0.05, 0) is 31.0 Å². The van der Waals surface area contributed by atoms with Crippen molar-refractivity contribution in [3.8, 4) is 0 Å². The van der Waals surface area contributed by atoms with Crippen LogP contribution in [0.3, 0.4) is 0 Å². The summed E-state index contributed by atoms with van der Waals surface area (Å²) in [6.07, 6.45) is 8.39. The highest BCUT2D eigenvalue weighted by Gasteiger charge is 2.13. The summed E-state index contributed by atoms with van der Waals surface area (Å²) >= 11 is 0. The topological polar surface area (TPSA) is 64.3 Å². The number of ether oxygens (including phenoxy) is 1. The maximum absolute atomic E-state index is 10.9. The van der Waals surface area contributed by atoms with E-state index in [9.17, 15) is 4.79 Å². The van der Waals surface area contributed by atoms with Crippen LogP contribution in [0.15, 0.2) is 24.5 Å². The Hall–Kier alpha value is -1.88. The Bertz CT molecular complexity index is 629. The van der Waals surface area contributed by atoms with Gasteiger partial charge in [0.25, 0.3) is 0 Å². The molecule has 0 unspecified atom stereocenters. The molecule has 1 aliphatic rings. The van der Waals surface area contributed by atoms with Crippen molar-refractivity contribution in [3.05, 3.63) is 30.1 Å². The van der Waals surface area contributed by atoms with Crippen molar-refractivity contribution < 1.29 is 14.6 Å². The maximum Gasteiger partial charge on any atom is 0.335 e. The summed E-state index contributed by atoms with van der Waals surface area (Å²) in [4.78, 5) is 15.2. The Morgan fingerprint density at radius 2 is 2.14 bits per heavy atom. The first kappa shape index (κ1) is 14.1. The zero-order valence-electron chi connectivity index (χ0n) is 12.0. The Kier molecular flexibility index (Phi) is 4.20. The second-order valence-corrected chi connectivity index (χ2v) is 5.58. The van der Waals surface area contributed by atoms with E-state index < -0.39 is 5.97 Å². The lowest BCUT2D eigenvalue weighted by Gasteiger charge is -2.22. The van der Waals surface area contributed by atoms with E-state index in [0.29, 0.717) is 18.2 Å². The number of rotatable bonds is 5. The van der Waals surface area contributed by atoms with E-state index in [-0.39, 0.29) is 5.56 Å². The summed E-state index contributed by atoms with van der Waals surface area (Å²) in [5.41, 5.74) is 1.94. The summed E-state index contributed by atoms with van der Waals surface area (Å²) in [6, 6.07) is 5.04. The summed E-state index contributed by atoms with van der Waals surface area (Å²) in [7, 11) is 0. The van der Waals surface area contributed by atoms with Crippen LogP contribution in [0.25, 0.3) is 11.0 Å². The Morgan fingerprint density at radius 1 is 1.33 bits per heavy atom. The molecule has 1 aliphatic carbocycles. The van der Waals surface area contributed by atoms with Gasteiger partial charge >= 0.3 is 5.97 Å². The SMILES string of the molecule is O=C(O)c1ccc2c(c1)ncn2CCOC1CCCCC1. The maximum atomic E-state index is 10.9. The van der Waals surface area contributed by atoms with Crippen molar-refractivity contribution in [1.82, 2.24) is 9.55 Å². The molecule has 1 saturated carbocycles. The number of imidazole rings is 1. The Labute approximate surface area is 123 Å². The number of aromatic nitrogens is 2. The first-order valence-corrected chi connectivity index (χ1v) is 7.54. The highest BCUT2D eigenvalue weighted by molar-refractivity contribution is 5.92. The summed E-state index contributed by atoms with van der Waals surface area (Å²) < 4.78 is 7.94. The number of fused-ring (bicyclic) bond motifs is 1. The van der Waals surface area contributed by atoms with Crippen molar-refractivity contribution in [2.45, 2.75) is 44.8 Å². The monoisotopic (exact) mass is 288 g/mol. The van der Waals surface area contributed by atoms with Gasteiger partial charge in [-0.25, -0.2) is 9.78 Å². The van der Waals surface area contributed by atoms with Crippen molar-refractivity contribution in [1.29, 1.82) is 0 Å². The van der Waals surface area contributed by atoms with Gasteiger partial charge in [-0.1, -0.05) is 19.3 Å². The number of hydrogen-bond donors (Lipinski definition) is 1. The fourth-order valence-corrected chi connectivity index (χ4v) is 2.92. The Balaban J connectivity index is 1.63. The predicted octanol–water partition coefficient (Wildman–Crippen LogP) is 3.08. The van der Waals surface area contributed by atoms with E-state index in [2.05, 4.69) is 4.98 Å². The molecular weight excluding hydrogens is 268 g/mol. The van der Waals surface area contributed by atoms with E-state index in [4.69, 9.17) is 9.84 Å². The van der Waals surface area contributed by atoms with Crippen LogP contribution < -0.4 is 0 Å². The zero-order valence-corrected chi connectivity index (χ0v) is 12.0. The zero-order chi connectivity index (χ0) is 14.7. The lowest BCUT2D eigenvalue weighted by Crippen LogP contribution is -2.19. The number of carbonyl (C=O) groups is 1. The molecule has 3 rings (SSSR count). The number of nitrogens with zero attached hydrogens (tertiary/aromatic N) is 2. The molecule has 1 aromatic heterocycles. The second kappa shape index (κ2) is 6.26. The molecule has 1 fully saturated rings. The van der Waals surface area contributed by atoms with Crippen LogP contribution in [0.4, 0.5) is 0 Å². The van der Waals surface area contributed by atoms with Crippen LogP contribution >= 0.6 is 0 Å². The van der Waals surface area contributed by atoms with Crippen LogP contribution in [0.1, 0.15) is 42.5 Å². The largest absolute Gasteiger partial charge is 0.478 e. The second-order valence-electron chi connectivity index (χ2n) is 5.58. The van der Waals surface area contributed by atoms with Gasteiger partial charge in [0.2, 0.25) is 0 Å². The Morgan fingerprint density at radius 3 is 2.90 bits per heavy atom. The number of hydrogen-bond acceptors (Lipinski definition) is 3. The molecule has 0 amide bonds.